The van der Waals surface area contributed by atoms with Crippen molar-refractivity contribution in [3.05, 3.63) is 0 Å². The van der Waals surface area contributed by atoms with Crippen LogP contribution in [0.2, 0.25) is 0 Å². The number of carboxylic acid groups (broad SMARTS) is 1. The zero-order valence-electron chi connectivity index (χ0n) is 13.4. The molecule has 0 heterocycles. The minimum Gasteiger partial charge on any atom is -0.481 e. The third-order valence-electron chi connectivity index (χ3n) is 4.26. The summed E-state index contributed by atoms with van der Waals surface area (Å²) in [5, 5.41) is 14.8. The predicted octanol–water partition coefficient (Wildman–Crippen LogP) is 3.29. The summed E-state index contributed by atoms with van der Waals surface area (Å²) < 4.78 is 0. The van der Waals surface area contributed by atoms with Crippen molar-refractivity contribution in [1.29, 1.82) is 0 Å². The molecule has 2 atom stereocenters. The quantitative estimate of drug-likeness (QED) is 0.631. The molecule has 5 heteroatoms. The van der Waals surface area contributed by atoms with Crippen molar-refractivity contribution in [1.82, 2.24) is 10.6 Å². The summed E-state index contributed by atoms with van der Waals surface area (Å²) in [6, 6.07) is 0.309. The van der Waals surface area contributed by atoms with E-state index >= 15 is 0 Å². The second-order valence-corrected chi connectivity index (χ2v) is 6.38. The van der Waals surface area contributed by atoms with Gasteiger partial charge in [-0.15, -0.1) is 0 Å². The van der Waals surface area contributed by atoms with Crippen LogP contribution in [0.25, 0.3) is 0 Å². The highest BCUT2D eigenvalue weighted by Gasteiger charge is 2.16. The highest BCUT2D eigenvalue weighted by atomic mass is 16.4. The van der Waals surface area contributed by atoms with Crippen LogP contribution in [0.3, 0.4) is 0 Å². The van der Waals surface area contributed by atoms with Crippen LogP contribution in [0.5, 0.6) is 0 Å². The highest BCUT2D eigenvalue weighted by Crippen LogP contribution is 2.17. The van der Waals surface area contributed by atoms with Gasteiger partial charge in [-0.1, -0.05) is 39.0 Å². The minimum atomic E-state index is -0.748. The fraction of sp³-hybridized carbons (Fsp3) is 0.875. The Bertz CT molecular complexity index is 325. The van der Waals surface area contributed by atoms with Crippen LogP contribution < -0.4 is 10.6 Å². The zero-order chi connectivity index (χ0) is 15.7. The number of aliphatic carboxylic acids is 1. The number of urea groups is 1. The van der Waals surface area contributed by atoms with Crippen molar-refractivity contribution < 1.29 is 14.7 Å². The lowest BCUT2D eigenvalue weighted by Gasteiger charge is -2.20. The normalized spacial score (nSPS) is 19.3. The molecule has 3 N–H and O–H groups in total. The third-order valence-corrected chi connectivity index (χ3v) is 4.26. The summed E-state index contributed by atoms with van der Waals surface area (Å²) >= 11 is 0. The van der Waals surface area contributed by atoms with Gasteiger partial charge in [0.05, 0.1) is 5.92 Å². The van der Waals surface area contributed by atoms with Gasteiger partial charge in [-0.25, -0.2) is 4.79 Å². The number of amides is 2. The molecule has 0 aliphatic heterocycles. The van der Waals surface area contributed by atoms with Gasteiger partial charge in [0, 0.05) is 12.1 Å². The SMILES string of the molecule is CC(CCCC(C)C(=O)O)NC(=O)NC1CCCCCC1. The van der Waals surface area contributed by atoms with Gasteiger partial charge in [0.25, 0.3) is 0 Å². The molecule has 1 saturated carbocycles. The Labute approximate surface area is 127 Å². The van der Waals surface area contributed by atoms with Gasteiger partial charge in [-0.2, -0.15) is 0 Å². The fourth-order valence-corrected chi connectivity index (χ4v) is 2.80. The molecule has 21 heavy (non-hydrogen) atoms. The minimum absolute atomic E-state index is 0.0803. The van der Waals surface area contributed by atoms with Crippen LogP contribution in [0.15, 0.2) is 0 Å². The van der Waals surface area contributed by atoms with E-state index in [4.69, 9.17) is 5.11 Å². The maximum Gasteiger partial charge on any atom is 0.315 e. The Morgan fingerprint density at radius 2 is 1.71 bits per heavy atom. The van der Waals surface area contributed by atoms with Crippen LogP contribution in [0.4, 0.5) is 4.79 Å². The summed E-state index contributed by atoms with van der Waals surface area (Å²) in [4.78, 5) is 22.6. The molecule has 2 unspecified atom stereocenters. The standard InChI is InChI=1S/C16H30N2O3/c1-12(15(19)20)8-7-9-13(2)17-16(21)18-14-10-5-3-4-6-11-14/h12-14H,3-11H2,1-2H3,(H,19,20)(H2,17,18,21). The molecule has 122 valence electrons. The Kier molecular flexibility index (Phi) is 8.16. The second-order valence-electron chi connectivity index (χ2n) is 6.38. The number of hydrogen-bond acceptors (Lipinski definition) is 2. The maximum absolute atomic E-state index is 11.9. The van der Waals surface area contributed by atoms with E-state index in [2.05, 4.69) is 10.6 Å². The molecule has 1 rings (SSSR count). The molecule has 0 bridgehead atoms. The van der Waals surface area contributed by atoms with Crippen LogP contribution in [0.1, 0.15) is 71.6 Å². The second kappa shape index (κ2) is 9.64. The lowest BCUT2D eigenvalue weighted by Crippen LogP contribution is -2.45. The number of carbonyl (C=O) groups is 2. The van der Waals surface area contributed by atoms with Crippen LogP contribution >= 0.6 is 0 Å². The number of nitrogens with one attached hydrogen (secondary N) is 2. The van der Waals surface area contributed by atoms with Gasteiger partial charge in [0.15, 0.2) is 0 Å². The van der Waals surface area contributed by atoms with E-state index in [0.717, 1.165) is 25.7 Å². The Morgan fingerprint density at radius 3 is 2.29 bits per heavy atom. The largest absolute Gasteiger partial charge is 0.481 e. The molecule has 0 radical (unpaired) electrons. The summed E-state index contributed by atoms with van der Waals surface area (Å²) in [5.41, 5.74) is 0. The molecule has 2 amide bonds. The van der Waals surface area contributed by atoms with E-state index in [1.54, 1.807) is 6.92 Å². The van der Waals surface area contributed by atoms with Crippen LogP contribution in [-0.4, -0.2) is 29.2 Å². The Morgan fingerprint density at radius 1 is 1.10 bits per heavy atom. The maximum atomic E-state index is 11.9. The third kappa shape index (κ3) is 7.93. The molecule has 1 fully saturated rings. The average Bonchev–Trinajstić information content (AvgIpc) is 2.66. The Balaban J connectivity index is 2.16. The number of carbonyl (C=O) groups excluding carboxylic acids is 1. The molecule has 1 aliphatic carbocycles. The number of hydrogen-bond donors (Lipinski definition) is 3. The van der Waals surface area contributed by atoms with Crippen molar-refractivity contribution in [3.8, 4) is 0 Å². The summed E-state index contributed by atoms with van der Waals surface area (Å²) in [6.45, 7) is 3.69. The zero-order valence-corrected chi connectivity index (χ0v) is 13.4. The summed E-state index contributed by atoms with van der Waals surface area (Å²) in [6.07, 6.45) is 9.41. The van der Waals surface area contributed by atoms with Gasteiger partial charge in [0.2, 0.25) is 0 Å². The van der Waals surface area contributed by atoms with Gasteiger partial charge >= 0.3 is 12.0 Å². The van der Waals surface area contributed by atoms with Gasteiger partial charge in [0.1, 0.15) is 0 Å². The molecular weight excluding hydrogens is 268 g/mol. The highest BCUT2D eigenvalue weighted by molar-refractivity contribution is 5.74. The van der Waals surface area contributed by atoms with E-state index in [1.807, 2.05) is 6.92 Å². The van der Waals surface area contributed by atoms with Gasteiger partial charge in [-0.05, 0) is 32.6 Å². The molecule has 0 saturated heterocycles. The molecule has 0 aromatic carbocycles. The topological polar surface area (TPSA) is 78.4 Å². The van der Waals surface area contributed by atoms with Crippen LogP contribution in [-0.2, 0) is 4.79 Å². The first-order valence-electron chi connectivity index (χ1n) is 8.29. The van der Waals surface area contributed by atoms with Crippen molar-refractivity contribution >= 4 is 12.0 Å². The Hall–Kier alpha value is -1.26. The molecule has 1 aliphatic rings. The average molecular weight is 298 g/mol. The monoisotopic (exact) mass is 298 g/mol. The van der Waals surface area contributed by atoms with Crippen molar-refractivity contribution in [2.45, 2.75) is 83.7 Å². The van der Waals surface area contributed by atoms with E-state index in [9.17, 15) is 9.59 Å². The van der Waals surface area contributed by atoms with E-state index in [-0.39, 0.29) is 18.0 Å². The summed E-state index contributed by atoms with van der Waals surface area (Å²) in [7, 11) is 0. The van der Waals surface area contributed by atoms with Crippen molar-refractivity contribution in [2.75, 3.05) is 0 Å². The first kappa shape index (κ1) is 17.8. The number of rotatable bonds is 7. The first-order chi connectivity index (χ1) is 9.99. The molecule has 0 aromatic rings. The molecule has 0 aromatic heterocycles. The summed E-state index contributed by atoms with van der Waals surface area (Å²) in [5.74, 6) is -1.06. The fourth-order valence-electron chi connectivity index (χ4n) is 2.80. The van der Waals surface area contributed by atoms with Gasteiger partial charge < -0.3 is 15.7 Å². The molecular formula is C16H30N2O3. The predicted molar refractivity (Wildman–Crippen MR) is 83.3 cm³/mol. The van der Waals surface area contributed by atoms with Crippen LogP contribution in [0, 0.1) is 5.92 Å². The first-order valence-corrected chi connectivity index (χ1v) is 8.29. The lowest BCUT2D eigenvalue weighted by molar-refractivity contribution is -0.141. The van der Waals surface area contributed by atoms with Gasteiger partial charge in [-0.3, -0.25) is 4.79 Å². The van der Waals surface area contributed by atoms with E-state index in [1.165, 1.54) is 25.7 Å². The lowest BCUT2D eigenvalue weighted by atomic mass is 10.0. The molecule has 5 nitrogen and oxygen atoms in total. The smallest absolute Gasteiger partial charge is 0.315 e. The van der Waals surface area contributed by atoms with Crippen molar-refractivity contribution in [2.24, 2.45) is 5.92 Å². The van der Waals surface area contributed by atoms with E-state index in [0.29, 0.717) is 12.5 Å². The molecule has 0 spiro atoms. The van der Waals surface area contributed by atoms with E-state index < -0.39 is 5.97 Å². The number of carboxylic acids is 1. The van der Waals surface area contributed by atoms with Crippen molar-refractivity contribution in [3.63, 3.8) is 0 Å².